The normalized spacial score (nSPS) is 24.6. The van der Waals surface area contributed by atoms with E-state index >= 15 is 0 Å². The fourth-order valence-corrected chi connectivity index (χ4v) is 5.27. The van der Waals surface area contributed by atoms with Crippen LogP contribution in [0.5, 0.6) is 0 Å². The van der Waals surface area contributed by atoms with Gasteiger partial charge >= 0.3 is 0 Å². The first-order valence-corrected chi connectivity index (χ1v) is 9.29. The number of rotatable bonds is 2. The zero-order valence-corrected chi connectivity index (χ0v) is 15.0. The Bertz CT molecular complexity index is 767. The molecule has 122 valence electrons. The van der Waals surface area contributed by atoms with Crippen LogP contribution in [0.3, 0.4) is 0 Å². The Morgan fingerprint density at radius 2 is 2.30 bits per heavy atom. The van der Waals surface area contributed by atoms with Crippen LogP contribution in [0.4, 0.5) is 5.82 Å². The van der Waals surface area contributed by atoms with Crippen molar-refractivity contribution in [2.75, 3.05) is 18.5 Å². The number of pyridine rings is 1. The smallest absolute Gasteiger partial charge is 0.234 e. The number of halogens is 1. The Labute approximate surface area is 146 Å². The molecule has 1 aliphatic rings. The Morgan fingerprint density at radius 3 is 2.96 bits per heavy atom. The number of nitrogens with two attached hydrogens (primary N) is 1. The van der Waals surface area contributed by atoms with Crippen molar-refractivity contribution in [1.29, 1.82) is 5.41 Å². The third-order valence-corrected chi connectivity index (χ3v) is 7.09. The van der Waals surface area contributed by atoms with Crippen LogP contribution < -0.4 is 11.1 Å². The minimum atomic E-state index is -1.27. The van der Waals surface area contributed by atoms with Gasteiger partial charge in [-0.25, -0.2) is 4.98 Å². The number of nitrogen functional groups attached to an aromatic ring is 1. The summed E-state index contributed by atoms with van der Waals surface area (Å²) in [6, 6.07) is 7.27. The Kier molecular flexibility index (Phi) is 4.18. The van der Waals surface area contributed by atoms with E-state index in [4.69, 9.17) is 22.7 Å². The third kappa shape index (κ3) is 2.99. The van der Waals surface area contributed by atoms with Gasteiger partial charge in [0.05, 0.1) is 38.9 Å². The van der Waals surface area contributed by atoms with Gasteiger partial charge in [-0.05, 0) is 25.1 Å². The molecule has 0 saturated carbocycles. The van der Waals surface area contributed by atoms with Crippen LogP contribution in [0.15, 0.2) is 24.3 Å². The number of hydrogen-bond acceptors (Lipinski definition) is 5. The summed E-state index contributed by atoms with van der Waals surface area (Å²) >= 11 is 6.61. The lowest BCUT2D eigenvalue weighted by atomic mass is 10.0. The molecule has 2 aromatic heterocycles. The number of thiophene rings is 1. The topological polar surface area (TPSA) is 101 Å². The van der Waals surface area contributed by atoms with Gasteiger partial charge in [0.1, 0.15) is 11.4 Å². The molecule has 23 heavy (non-hydrogen) atoms. The molecule has 1 saturated heterocycles. The first kappa shape index (κ1) is 16.4. The molecule has 0 bridgehead atoms. The van der Waals surface area contributed by atoms with Gasteiger partial charge in [0, 0.05) is 0 Å². The van der Waals surface area contributed by atoms with E-state index in [-0.39, 0.29) is 5.96 Å². The van der Waals surface area contributed by atoms with Crippen molar-refractivity contribution in [2.24, 2.45) is 0 Å². The Morgan fingerprint density at radius 1 is 1.57 bits per heavy atom. The van der Waals surface area contributed by atoms with Gasteiger partial charge in [-0.1, -0.05) is 17.7 Å². The lowest BCUT2D eigenvalue weighted by Crippen LogP contribution is -2.60. The molecule has 0 aromatic carbocycles. The van der Waals surface area contributed by atoms with E-state index in [1.807, 2.05) is 25.1 Å². The van der Waals surface area contributed by atoms with Gasteiger partial charge in [-0.3, -0.25) is 5.41 Å². The molecular weight excluding hydrogens is 354 g/mol. The lowest BCUT2D eigenvalue weighted by Gasteiger charge is -2.39. The average Bonchev–Trinajstić information content (AvgIpc) is 2.88. The zero-order valence-electron chi connectivity index (χ0n) is 12.6. The van der Waals surface area contributed by atoms with Crippen molar-refractivity contribution in [2.45, 2.75) is 12.5 Å². The van der Waals surface area contributed by atoms with Crippen LogP contribution >= 0.6 is 22.9 Å². The van der Waals surface area contributed by atoms with Crippen LogP contribution in [0.2, 0.25) is 5.02 Å². The molecular formula is C14H16ClN5OS2. The average molecular weight is 370 g/mol. The molecule has 3 heterocycles. The molecule has 2 atom stereocenters. The summed E-state index contributed by atoms with van der Waals surface area (Å²) in [5, 5.41) is 11.6. The highest BCUT2D eigenvalue weighted by Crippen LogP contribution is 2.41. The predicted molar refractivity (Wildman–Crippen MR) is 96.0 cm³/mol. The Hall–Kier alpha value is -1.48. The number of nitrogens with zero attached hydrogens (tertiary/aromatic N) is 2. The molecule has 1 aliphatic heterocycles. The minimum Gasteiger partial charge on any atom is -0.593 e. The molecule has 3 rings (SSSR count). The van der Waals surface area contributed by atoms with Crippen LogP contribution in [-0.2, 0) is 16.9 Å². The van der Waals surface area contributed by atoms with Crippen LogP contribution in [-0.4, -0.2) is 32.6 Å². The fraction of sp³-hybridized carbons (Fsp3) is 0.286. The number of hydrogen-bond donors (Lipinski definition) is 3. The molecule has 6 nitrogen and oxygen atoms in total. The summed E-state index contributed by atoms with van der Waals surface area (Å²) < 4.78 is 13.6. The van der Waals surface area contributed by atoms with Crippen LogP contribution in [0.1, 0.15) is 11.8 Å². The van der Waals surface area contributed by atoms with E-state index in [0.717, 1.165) is 15.4 Å². The highest BCUT2D eigenvalue weighted by Gasteiger charge is 2.44. The van der Waals surface area contributed by atoms with Gasteiger partial charge in [0.15, 0.2) is 5.75 Å². The summed E-state index contributed by atoms with van der Waals surface area (Å²) in [6.45, 7) is 1.90. The standard InChI is InChI=1S/C14H16ClN5OS2/c1-14(7-23(21)20(2)13(17)19-14)12-8(15)6-10(22-12)9-4-3-5-11(16)18-9/h3-6H,7H2,1-2H3,(H2,16,18)(H2,17,19)/t14-,23?/m0/s1. The van der Waals surface area contributed by atoms with Crippen LogP contribution in [0.25, 0.3) is 10.6 Å². The maximum Gasteiger partial charge on any atom is 0.234 e. The Balaban J connectivity index is 1.99. The summed E-state index contributed by atoms with van der Waals surface area (Å²) in [6.07, 6.45) is 0. The molecule has 4 N–H and O–H groups in total. The van der Waals surface area contributed by atoms with Gasteiger partial charge in [0.25, 0.3) is 0 Å². The molecule has 1 fully saturated rings. The third-order valence-electron chi connectivity index (χ3n) is 3.64. The number of guanidine groups is 1. The van der Waals surface area contributed by atoms with Gasteiger partial charge in [-0.2, -0.15) is 4.31 Å². The first-order valence-electron chi connectivity index (χ1n) is 6.82. The summed E-state index contributed by atoms with van der Waals surface area (Å²) in [4.78, 5) is 6.03. The van der Waals surface area contributed by atoms with Crippen molar-refractivity contribution in [3.05, 3.63) is 34.2 Å². The van der Waals surface area contributed by atoms with E-state index in [9.17, 15) is 4.55 Å². The molecule has 9 heteroatoms. The largest absolute Gasteiger partial charge is 0.593 e. The number of nitrogens with one attached hydrogen (secondary N) is 2. The van der Waals surface area contributed by atoms with E-state index in [1.165, 1.54) is 15.6 Å². The second kappa shape index (κ2) is 5.86. The summed E-state index contributed by atoms with van der Waals surface area (Å²) in [5.41, 5.74) is 5.82. The van der Waals surface area contributed by atoms with Gasteiger partial charge in [-0.15, -0.1) is 11.3 Å². The molecule has 0 aliphatic carbocycles. The number of aromatic nitrogens is 1. The van der Waals surface area contributed by atoms with Gasteiger partial charge in [0.2, 0.25) is 5.96 Å². The van der Waals surface area contributed by atoms with E-state index in [2.05, 4.69) is 10.3 Å². The highest BCUT2D eigenvalue weighted by atomic mass is 35.5. The second-order valence-corrected chi connectivity index (χ2v) is 8.44. The van der Waals surface area contributed by atoms with Crippen molar-refractivity contribution in [3.8, 4) is 10.6 Å². The summed E-state index contributed by atoms with van der Waals surface area (Å²) in [7, 11) is 1.63. The maximum atomic E-state index is 12.2. The van der Waals surface area contributed by atoms with Gasteiger partial charge < -0.3 is 15.6 Å². The number of anilines is 1. The predicted octanol–water partition coefficient (Wildman–Crippen LogP) is 2.39. The highest BCUT2D eigenvalue weighted by molar-refractivity contribution is 7.89. The van der Waals surface area contributed by atoms with Crippen molar-refractivity contribution in [3.63, 3.8) is 0 Å². The minimum absolute atomic E-state index is 0.116. The molecule has 2 aromatic rings. The van der Waals surface area contributed by atoms with Crippen molar-refractivity contribution in [1.82, 2.24) is 14.6 Å². The fourth-order valence-electron chi connectivity index (χ4n) is 2.40. The molecule has 0 spiro atoms. The lowest BCUT2D eigenvalue weighted by molar-refractivity contribution is 0.424. The molecule has 1 unspecified atom stereocenters. The first-order chi connectivity index (χ1) is 10.8. The monoisotopic (exact) mass is 369 g/mol. The van der Waals surface area contributed by atoms with Crippen molar-refractivity contribution < 1.29 is 4.55 Å². The van der Waals surface area contributed by atoms with Crippen LogP contribution in [0, 0.1) is 5.41 Å². The molecule has 0 radical (unpaired) electrons. The summed E-state index contributed by atoms with van der Waals surface area (Å²) in [5.74, 6) is 0.904. The SMILES string of the molecule is CN1C(=N)N[C@](C)(c2sc(-c3cccc(N)n3)cc2Cl)C[S+]1[O-]. The van der Waals surface area contributed by atoms with E-state index < -0.39 is 16.9 Å². The van der Waals surface area contributed by atoms with Crippen molar-refractivity contribution >= 4 is 46.1 Å². The maximum absolute atomic E-state index is 12.2. The molecule has 0 amide bonds. The zero-order chi connectivity index (χ0) is 16.8. The quantitative estimate of drug-likeness (QED) is 0.705. The van der Waals surface area contributed by atoms with E-state index in [1.54, 1.807) is 13.1 Å². The van der Waals surface area contributed by atoms with E-state index in [0.29, 0.717) is 16.6 Å². The second-order valence-electron chi connectivity index (χ2n) is 5.50.